The van der Waals surface area contributed by atoms with Crippen LogP contribution >= 0.6 is 0 Å². The Morgan fingerprint density at radius 2 is 1.43 bits per heavy atom. The number of benzene rings is 4. The van der Waals surface area contributed by atoms with E-state index >= 15 is 0 Å². The van der Waals surface area contributed by atoms with Gasteiger partial charge in [-0.3, -0.25) is 0 Å². The van der Waals surface area contributed by atoms with Crippen LogP contribution in [0.1, 0.15) is 37.5 Å². The molecule has 7 aromatic rings. The van der Waals surface area contributed by atoms with Crippen molar-refractivity contribution >= 4 is 39.6 Å². The summed E-state index contributed by atoms with van der Waals surface area (Å²) in [5.74, 6) is 7.20. The van der Waals surface area contributed by atoms with Crippen LogP contribution in [0.2, 0.25) is 17.3 Å². The molecule has 0 saturated carbocycles. The van der Waals surface area contributed by atoms with Crippen LogP contribution in [0.5, 0.6) is 0 Å². The quantitative estimate of drug-likeness (QED) is 0.128. The van der Waals surface area contributed by atoms with Crippen LogP contribution < -0.4 is 4.40 Å². The first-order valence-corrected chi connectivity index (χ1v) is 24.0. The Bertz CT molecular complexity index is 2190. The summed E-state index contributed by atoms with van der Waals surface area (Å²) in [6.07, 6.45) is 5.05. The number of nitrogens with zero attached hydrogens (tertiary/aromatic N) is 2. The Morgan fingerprint density at radius 1 is 0.694 bits per heavy atom. The van der Waals surface area contributed by atoms with Crippen LogP contribution in [0.25, 0.3) is 55.6 Å². The van der Waals surface area contributed by atoms with Crippen molar-refractivity contribution in [2.24, 2.45) is 5.41 Å². The first-order chi connectivity index (χ1) is 22.9. The molecule has 1 radical (unpaired) electrons. The molecule has 4 aromatic carbocycles. The zero-order valence-electron chi connectivity index (χ0n) is 29.7. The van der Waals surface area contributed by atoms with Crippen molar-refractivity contribution in [1.29, 1.82) is 0 Å². The zero-order chi connectivity index (χ0) is 34.1. The van der Waals surface area contributed by atoms with Crippen LogP contribution in [-0.4, -0.2) is 23.2 Å². The number of furan rings is 1. The van der Waals surface area contributed by atoms with Gasteiger partial charge in [-0.05, 0) is 47.2 Å². The molecular weight excluding hydrogens is 837 g/mol. The number of aromatic nitrogens is 2. The fourth-order valence-corrected chi connectivity index (χ4v) is 9.83. The Hall–Kier alpha value is -3.83. The molecule has 3 nitrogen and oxygen atoms in total. The second kappa shape index (κ2) is 15.0. The molecule has 0 unspecified atom stereocenters. The maximum atomic E-state index is 6.40. The second-order valence-corrected chi connectivity index (χ2v) is 25.5. The van der Waals surface area contributed by atoms with Gasteiger partial charge < -0.3 is 9.40 Å². The Balaban J connectivity index is 0.000000221. The van der Waals surface area contributed by atoms with Crippen LogP contribution in [0.4, 0.5) is 0 Å². The Labute approximate surface area is 307 Å². The molecule has 3 aromatic heterocycles. The van der Waals surface area contributed by atoms with Gasteiger partial charge in [0.2, 0.25) is 0 Å². The number of aryl methyl sites for hydroxylation is 2. The number of rotatable bonds is 5. The molecule has 0 spiro atoms. The third kappa shape index (κ3) is 8.49. The SMILES string of the molecule is Cc1cc(-c2[c-]cccc2)nc[c]1[Ge]([CH3])([CH3])[CH3].Cc1cnc(-c2[c-]ccc3c2oc2cc(-c4ccccc4)ccc23)cc1CC(C)(C)C.[Ir]. The smallest absolute Gasteiger partial charge is 0.121 e. The van der Waals surface area contributed by atoms with Crippen LogP contribution in [0.15, 0.2) is 114 Å². The number of hydrogen-bond donors (Lipinski definition) is 0. The molecule has 251 valence electrons. The van der Waals surface area contributed by atoms with Gasteiger partial charge in [-0.15, -0.1) is 18.2 Å². The number of pyridine rings is 2. The van der Waals surface area contributed by atoms with Crippen molar-refractivity contribution in [2.75, 3.05) is 0 Å². The summed E-state index contributed by atoms with van der Waals surface area (Å²) >= 11 is -1.77. The van der Waals surface area contributed by atoms with E-state index in [0.29, 0.717) is 0 Å². The van der Waals surface area contributed by atoms with Gasteiger partial charge in [0, 0.05) is 31.7 Å². The molecule has 7 rings (SSSR count). The largest absolute Gasteiger partial charge is 0.501 e. The molecule has 0 fully saturated rings. The number of fused-ring (bicyclic) bond motifs is 3. The summed E-state index contributed by atoms with van der Waals surface area (Å²) in [6, 6.07) is 39.9. The van der Waals surface area contributed by atoms with Gasteiger partial charge in [-0.1, -0.05) is 85.8 Å². The molecule has 5 heteroatoms. The van der Waals surface area contributed by atoms with Crippen molar-refractivity contribution in [3.8, 4) is 33.6 Å². The van der Waals surface area contributed by atoms with E-state index in [1.165, 1.54) is 26.6 Å². The predicted octanol–water partition coefficient (Wildman–Crippen LogP) is 11.4. The van der Waals surface area contributed by atoms with E-state index in [0.717, 1.165) is 56.4 Å². The first kappa shape index (κ1) is 36.5. The zero-order valence-corrected chi connectivity index (χ0v) is 34.2. The molecule has 0 saturated heterocycles. The number of hydrogen-bond acceptors (Lipinski definition) is 3. The molecule has 0 bridgehead atoms. The molecule has 3 heterocycles. The second-order valence-electron chi connectivity index (χ2n) is 14.9. The first-order valence-electron chi connectivity index (χ1n) is 16.7. The summed E-state index contributed by atoms with van der Waals surface area (Å²) in [5.41, 5.74) is 12.1. The van der Waals surface area contributed by atoms with Crippen molar-refractivity contribution in [1.82, 2.24) is 9.97 Å². The Kier molecular flexibility index (Phi) is 11.1. The molecule has 0 aliphatic carbocycles. The minimum Gasteiger partial charge on any atom is -0.501 e. The normalized spacial score (nSPS) is 11.6. The molecule has 0 atom stereocenters. The van der Waals surface area contributed by atoms with E-state index in [-0.39, 0.29) is 25.5 Å². The summed E-state index contributed by atoms with van der Waals surface area (Å²) in [5, 5.41) is 2.22. The van der Waals surface area contributed by atoms with Gasteiger partial charge in [0.1, 0.15) is 5.58 Å². The maximum absolute atomic E-state index is 6.40. The Morgan fingerprint density at radius 3 is 2.10 bits per heavy atom. The minimum absolute atomic E-state index is 0. The summed E-state index contributed by atoms with van der Waals surface area (Å²) in [6.45, 7) is 11.1. The third-order valence-corrected chi connectivity index (χ3v) is 13.1. The fraction of sp³-hybridized carbons (Fsp3) is 0.227. The van der Waals surface area contributed by atoms with Crippen molar-refractivity contribution in [3.05, 3.63) is 138 Å². The van der Waals surface area contributed by atoms with Gasteiger partial charge in [-0.25, -0.2) is 0 Å². The average molecular weight is 882 g/mol. The van der Waals surface area contributed by atoms with E-state index in [1.807, 2.05) is 36.5 Å². The van der Waals surface area contributed by atoms with E-state index in [4.69, 9.17) is 9.40 Å². The summed E-state index contributed by atoms with van der Waals surface area (Å²) in [4.78, 5) is 9.33. The van der Waals surface area contributed by atoms with E-state index in [2.05, 4.69) is 142 Å². The summed E-state index contributed by atoms with van der Waals surface area (Å²) < 4.78 is 7.89. The molecule has 0 aliphatic heterocycles. The van der Waals surface area contributed by atoms with Crippen LogP contribution in [-0.2, 0) is 26.5 Å². The minimum atomic E-state index is -1.77. The molecular formula is C44H44GeIrN2O-2. The molecule has 0 aliphatic rings. The summed E-state index contributed by atoms with van der Waals surface area (Å²) in [7, 11) is 0. The molecule has 0 amide bonds. The van der Waals surface area contributed by atoms with Crippen LogP contribution in [0, 0.1) is 31.4 Å². The van der Waals surface area contributed by atoms with Crippen LogP contribution in [0.3, 0.4) is 0 Å². The van der Waals surface area contributed by atoms with E-state index in [9.17, 15) is 0 Å². The van der Waals surface area contributed by atoms with E-state index < -0.39 is 13.3 Å². The van der Waals surface area contributed by atoms with Gasteiger partial charge >= 0.3 is 106 Å². The van der Waals surface area contributed by atoms with E-state index in [1.54, 1.807) is 0 Å². The van der Waals surface area contributed by atoms with Gasteiger partial charge in [0.05, 0.1) is 5.58 Å². The standard InChI is InChI=1S/C29H26NO.C15H18GeN.Ir/c1-19-18-30-26(15-22(19)17-29(2,3)4)25-12-8-11-24-23-14-13-21(16-27(23)31-28(24)25)20-9-6-5-7-10-20;1-12-10-15(13-8-6-5-7-9-13)17-11-14(12)16(2,3)4;/h5-11,13-16,18H,17H2,1-4H3;5-8,10-11H,1-4H3;/q2*-1;. The average Bonchev–Trinajstić information content (AvgIpc) is 3.44. The fourth-order valence-electron chi connectivity index (χ4n) is 6.25. The monoisotopic (exact) mass is 883 g/mol. The molecule has 49 heavy (non-hydrogen) atoms. The maximum Gasteiger partial charge on any atom is 0.121 e. The van der Waals surface area contributed by atoms with Crippen molar-refractivity contribution < 1.29 is 24.5 Å². The van der Waals surface area contributed by atoms with Crippen molar-refractivity contribution in [2.45, 2.75) is 58.3 Å². The topological polar surface area (TPSA) is 38.9 Å². The van der Waals surface area contributed by atoms with Gasteiger partial charge in [0.15, 0.2) is 0 Å². The van der Waals surface area contributed by atoms with Gasteiger partial charge in [0.25, 0.3) is 0 Å². The molecule has 0 N–H and O–H groups in total. The van der Waals surface area contributed by atoms with Crippen molar-refractivity contribution in [3.63, 3.8) is 0 Å². The predicted molar refractivity (Wildman–Crippen MR) is 205 cm³/mol. The third-order valence-electron chi connectivity index (χ3n) is 8.64. The van der Waals surface area contributed by atoms with Gasteiger partial charge in [-0.2, -0.15) is 0 Å².